The van der Waals surface area contributed by atoms with Crippen molar-refractivity contribution in [1.82, 2.24) is 9.97 Å². The van der Waals surface area contributed by atoms with Crippen molar-refractivity contribution in [2.24, 2.45) is 0 Å². The number of aromatic nitrogens is 2. The van der Waals surface area contributed by atoms with Crippen molar-refractivity contribution in [3.63, 3.8) is 0 Å². The molecule has 0 unspecified atom stereocenters. The van der Waals surface area contributed by atoms with E-state index in [-0.39, 0.29) is 5.82 Å². The molecular weight excluding hydrogens is 329 g/mol. The summed E-state index contributed by atoms with van der Waals surface area (Å²) >= 11 is 0. The average molecular weight is 349 g/mol. The number of fused-ring (bicyclic) bond motifs is 1. The van der Waals surface area contributed by atoms with Crippen LogP contribution in [0, 0.1) is 5.82 Å². The van der Waals surface area contributed by atoms with Crippen molar-refractivity contribution in [2.75, 3.05) is 22.5 Å². The Morgan fingerprint density at radius 2 is 1.81 bits per heavy atom. The summed E-state index contributed by atoms with van der Waals surface area (Å²) < 4.78 is 13.0. The zero-order valence-electron chi connectivity index (χ0n) is 14.3. The van der Waals surface area contributed by atoms with Gasteiger partial charge in [0.2, 0.25) is 0 Å². The number of hydrogen-bond acceptors (Lipinski definition) is 5. The highest BCUT2D eigenvalue weighted by Gasteiger charge is 2.20. The van der Waals surface area contributed by atoms with Gasteiger partial charge < -0.3 is 16.0 Å². The summed E-state index contributed by atoms with van der Waals surface area (Å²) in [5, 5.41) is 3.22. The molecule has 6 heteroatoms. The highest BCUT2D eigenvalue weighted by molar-refractivity contribution is 5.75. The molecule has 26 heavy (non-hydrogen) atoms. The van der Waals surface area contributed by atoms with Gasteiger partial charge in [0, 0.05) is 19.6 Å². The molecule has 1 aromatic heterocycles. The van der Waals surface area contributed by atoms with E-state index in [1.165, 1.54) is 29.6 Å². The predicted molar refractivity (Wildman–Crippen MR) is 101 cm³/mol. The first-order valence-corrected chi connectivity index (χ1v) is 8.61. The van der Waals surface area contributed by atoms with Crippen molar-refractivity contribution in [3.8, 4) is 0 Å². The molecule has 0 spiro atoms. The van der Waals surface area contributed by atoms with Gasteiger partial charge in [-0.15, -0.1) is 0 Å². The lowest BCUT2D eigenvalue weighted by Gasteiger charge is -2.30. The van der Waals surface area contributed by atoms with Crippen LogP contribution in [0.25, 0.3) is 0 Å². The van der Waals surface area contributed by atoms with Crippen LogP contribution in [0.1, 0.15) is 16.7 Å². The van der Waals surface area contributed by atoms with Crippen LogP contribution in [0.4, 0.5) is 21.7 Å². The monoisotopic (exact) mass is 349 g/mol. The molecule has 4 rings (SSSR count). The summed E-state index contributed by atoms with van der Waals surface area (Å²) in [7, 11) is 0. The minimum Gasteiger partial charge on any atom is -0.393 e. The fourth-order valence-corrected chi connectivity index (χ4v) is 3.24. The van der Waals surface area contributed by atoms with Crippen LogP contribution < -0.4 is 16.0 Å². The molecule has 0 radical (unpaired) electrons. The molecule has 1 aliphatic rings. The van der Waals surface area contributed by atoms with Gasteiger partial charge >= 0.3 is 0 Å². The summed E-state index contributed by atoms with van der Waals surface area (Å²) in [4.78, 5) is 10.8. The van der Waals surface area contributed by atoms with Gasteiger partial charge in [0.05, 0.1) is 0 Å². The molecule has 0 fully saturated rings. The lowest BCUT2D eigenvalue weighted by Crippen LogP contribution is -2.31. The molecule has 132 valence electrons. The van der Waals surface area contributed by atoms with Crippen molar-refractivity contribution in [2.45, 2.75) is 19.5 Å². The molecular formula is C20H20FN5. The lowest BCUT2D eigenvalue weighted by molar-refractivity contribution is 0.627. The quantitative estimate of drug-likeness (QED) is 0.756. The van der Waals surface area contributed by atoms with Crippen molar-refractivity contribution in [1.29, 1.82) is 0 Å². The fourth-order valence-electron chi connectivity index (χ4n) is 3.24. The molecule has 3 N–H and O–H groups in total. The van der Waals surface area contributed by atoms with E-state index in [1.807, 2.05) is 0 Å². The maximum absolute atomic E-state index is 13.0. The van der Waals surface area contributed by atoms with Gasteiger partial charge in [-0.25, -0.2) is 14.4 Å². The fraction of sp³-hybridized carbons (Fsp3) is 0.200. The lowest BCUT2D eigenvalue weighted by atomic mass is 10.00. The summed E-state index contributed by atoms with van der Waals surface area (Å²) in [6.45, 7) is 2.17. The third-order valence-electron chi connectivity index (χ3n) is 4.67. The normalized spacial score (nSPS) is 13.3. The van der Waals surface area contributed by atoms with E-state index in [0.717, 1.165) is 30.9 Å². The molecule has 0 saturated carbocycles. The van der Waals surface area contributed by atoms with Crippen molar-refractivity contribution in [3.05, 3.63) is 77.4 Å². The number of hydrogen-bond donors (Lipinski definition) is 2. The van der Waals surface area contributed by atoms with Crippen LogP contribution >= 0.6 is 0 Å². The van der Waals surface area contributed by atoms with E-state index in [1.54, 1.807) is 12.1 Å². The molecule has 5 nitrogen and oxygen atoms in total. The zero-order chi connectivity index (χ0) is 17.9. The Labute approximate surface area is 151 Å². The van der Waals surface area contributed by atoms with Crippen molar-refractivity contribution >= 4 is 17.3 Å². The second-order valence-corrected chi connectivity index (χ2v) is 6.38. The van der Waals surface area contributed by atoms with E-state index in [0.29, 0.717) is 18.1 Å². The van der Waals surface area contributed by atoms with Crippen LogP contribution in [-0.2, 0) is 19.5 Å². The van der Waals surface area contributed by atoms with Gasteiger partial charge in [-0.1, -0.05) is 36.4 Å². The van der Waals surface area contributed by atoms with Gasteiger partial charge in [-0.2, -0.15) is 0 Å². The standard InChI is InChI=1S/C20H20FN5/c21-17-7-5-14(6-8-17)11-23-19-18(22)20(25-13-24-19)26-10-9-15-3-1-2-4-16(15)12-26/h1-8,13H,9-12,22H2,(H,23,24,25). The molecule has 2 aromatic carbocycles. The number of nitrogens with one attached hydrogen (secondary N) is 1. The first kappa shape index (κ1) is 16.3. The number of anilines is 3. The van der Waals surface area contributed by atoms with E-state index in [4.69, 9.17) is 5.73 Å². The summed E-state index contributed by atoms with van der Waals surface area (Å²) in [6.07, 6.45) is 2.50. The van der Waals surface area contributed by atoms with Gasteiger partial charge in [0.15, 0.2) is 11.6 Å². The van der Waals surface area contributed by atoms with Crippen LogP contribution in [0.5, 0.6) is 0 Å². The molecule has 0 atom stereocenters. The second kappa shape index (κ2) is 7.00. The van der Waals surface area contributed by atoms with Crippen LogP contribution in [0.15, 0.2) is 54.9 Å². The Morgan fingerprint density at radius 1 is 1.04 bits per heavy atom. The number of halogens is 1. The summed E-state index contributed by atoms with van der Waals surface area (Å²) in [6, 6.07) is 14.8. The van der Waals surface area contributed by atoms with Gasteiger partial charge in [-0.05, 0) is 35.2 Å². The molecule has 0 aliphatic carbocycles. The Balaban J connectivity index is 1.52. The van der Waals surface area contributed by atoms with E-state index in [9.17, 15) is 4.39 Å². The number of rotatable bonds is 4. The van der Waals surface area contributed by atoms with Crippen LogP contribution in [0.2, 0.25) is 0 Å². The molecule has 1 aliphatic heterocycles. The molecule has 0 amide bonds. The molecule has 0 bridgehead atoms. The summed E-state index contributed by atoms with van der Waals surface area (Å²) in [5.74, 6) is 1.09. The SMILES string of the molecule is Nc1c(NCc2ccc(F)cc2)ncnc1N1CCc2ccccc2C1. The first-order valence-electron chi connectivity index (χ1n) is 8.61. The minimum atomic E-state index is -0.247. The minimum absolute atomic E-state index is 0.247. The second-order valence-electron chi connectivity index (χ2n) is 6.38. The van der Waals surface area contributed by atoms with Gasteiger partial charge in [-0.3, -0.25) is 0 Å². The highest BCUT2D eigenvalue weighted by atomic mass is 19.1. The van der Waals surface area contributed by atoms with E-state index >= 15 is 0 Å². The maximum atomic E-state index is 13.0. The number of nitrogens with two attached hydrogens (primary N) is 1. The number of nitrogens with zero attached hydrogens (tertiary/aromatic N) is 3. The van der Waals surface area contributed by atoms with E-state index in [2.05, 4.69) is 44.5 Å². The smallest absolute Gasteiger partial charge is 0.157 e. The Hall–Kier alpha value is -3.15. The third kappa shape index (κ3) is 3.31. The molecule has 2 heterocycles. The van der Waals surface area contributed by atoms with Crippen LogP contribution in [-0.4, -0.2) is 16.5 Å². The topological polar surface area (TPSA) is 67.1 Å². The highest BCUT2D eigenvalue weighted by Crippen LogP contribution is 2.30. The third-order valence-corrected chi connectivity index (χ3v) is 4.67. The van der Waals surface area contributed by atoms with Crippen LogP contribution in [0.3, 0.4) is 0 Å². The average Bonchev–Trinajstić information content (AvgIpc) is 2.68. The zero-order valence-corrected chi connectivity index (χ0v) is 14.3. The predicted octanol–water partition coefficient (Wildman–Crippen LogP) is 3.37. The Kier molecular flexibility index (Phi) is 4.39. The Morgan fingerprint density at radius 3 is 2.62 bits per heavy atom. The van der Waals surface area contributed by atoms with Gasteiger partial charge in [0.25, 0.3) is 0 Å². The number of benzene rings is 2. The molecule has 3 aromatic rings. The van der Waals surface area contributed by atoms with Gasteiger partial charge in [0.1, 0.15) is 17.8 Å². The largest absolute Gasteiger partial charge is 0.393 e. The van der Waals surface area contributed by atoms with E-state index < -0.39 is 0 Å². The number of nitrogen functional groups attached to an aromatic ring is 1. The first-order chi connectivity index (χ1) is 12.7. The summed E-state index contributed by atoms with van der Waals surface area (Å²) in [5.41, 5.74) is 10.5. The Bertz CT molecular complexity index is 910. The molecule has 0 saturated heterocycles. The maximum Gasteiger partial charge on any atom is 0.157 e. The van der Waals surface area contributed by atoms with Crippen molar-refractivity contribution < 1.29 is 4.39 Å².